The third-order valence-electron chi connectivity index (χ3n) is 1.98. The summed E-state index contributed by atoms with van der Waals surface area (Å²) < 4.78 is 0. The van der Waals surface area contributed by atoms with Crippen LogP contribution in [-0.4, -0.2) is 11.6 Å². The van der Waals surface area contributed by atoms with Gasteiger partial charge in [-0.05, 0) is 38.5 Å². The summed E-state index contributed by atoms with van der Waals surface area (Å²) >= 11 is 0. The lowest BCUT2D eigenvalue weighted by atomic mass is 10.1. The second-order valence-electron chi connectivity index (χ2n) is 4.19. The van der Waals surface area contributed by atoms with Crippen LogP contribution < -0.4 is 10.6 Å². The highest BCUT2D eigenvalue weighted by molar-refractivity contribution is 5.90. The van der Waals surface area contributed by atoms with E-state index in [4.69, 9.17) is 5.26 Å². The predicted octanol–water partition coefficient (Wildman–Crippen LogP) is 2.42. The lowest BCUT2D eigenvalue weighted by Gasteiger charge is -2.17. The third kappa shape index (κ3) is 3.62. The van der Waals surface area contributed by atoms with Gasteiger partial charge < -0.3 is 10.6 Å². The number of urea groups is 1. The van der Waals surface area contributed by atoms with Crippen LogP contribution in [0.1, 0.15) is 19.4 Å². The summed E-state index contributed by atoms with van der Waals surface area (Å²) in [4.78, 5) is 11.5. The third-order valence-corrected chi connectivity index (χ3v) is 1.98. The molecule has 0 aliphatic heterocycles. The molecule has 0 unspecified atom stereocenters. The minimum Gasteiger partial charge on any atom is -0.320 e. The summed E-state index contributed by atoms with van der Waals surface area (Å²) in [5.41, 5.74) is 0.914. The SMILES string of the molecule is Cc1cccc(NC(=O)NC(C)(C)C#N)c1. The molecule has 0 aliphatic carbocycles. The van der Waals surface area contributed by atoms with Gasteiger partial charge in [0.15, 0.2) is 0 Å². The van der Waals surface area contributed by atoms with Gasteiger partial charge in [0, 0.05) is 5.69 Å². The topological polar surface area (TPSA) is 64.9 Å². The standard InChI is InChI=1S/C12H15N3O/c1-9-5-4-6-10(7-9)14-11(16)15-12(2,3)8-13/h4-7H,1-3H3,(H2,14,15,16). The molecule has 1 aromatic carbocycles. The molecule has 0 saturated heterocycles. The molecular weight excluding hydrogens is 202 g/mol. The molecule has 4 nitrogen and oxygen atoms in total. The van der Waals surface area contributed by atoms with Crippen molar-refractivity contribution in [1.29, 1.82) is 5.26 Å². The van der Waals surface area contributed by atoms with Crippen molar-refractivity contribution in [1.82, 2.24) is 5.32 Å². The van der Waals surface area contributed by atoms with Gasteiger partial charge in [-0.3, -0.25) is 0 Å². The molecule has 0 aliphatic rings. The highest BCUT2D eigenvalue weighted by atomic mass is 16.2. The minimum atomic E-state index is -0.867. The minimum absolute atomic E-state index is 0.378. The molecule has 16 heavy (non-hydrogen) atoms. The highest BCUT2D eigenvalue weighted by Gasteiger charge is 2.18. The van der Waals surface area contributed by atoms with Gasteiger partial charge in [-0.25, -0.2) is 4.79 Å². The first-order valence-corrected chi connectivity index (χ1v) is 5.00. The van der Waals surface area contributed by atoms with Crippen LogP contribution in [0, 0.1) is 18.3 Å². The zero-order valence-corrected chi connectivity index (χ0v) is 9.66. The van der Waals surface area contributed by atoms with E-state index in [-0.39, 0.29) is 6.03 Å². The first-order chi connectivity index (χ1) is 7.43. The van der Waals surface area contributed by atoms with Crippen LogP contribution in [-0.2, 0) is 0 Å². The van der Waals surface area contributed by atoms with Gasteiger partial charge in [0.05, 0.1) is 6.07 Å². The highest BCUT2D eigenvalue weighted by Crippen LogP contribution is 2.09. The number of nitrogens with one attached hydrogen (secondary N) is 2. The molecule has 0 spiro atoms. The number of rotatable bonds is 2. The molecule has 4 heteroatoms. The molecule has 1 aromatic rings. The first-order valence-electron chi connectivity index (χ1n) is 5.00. The Morgan fingerprint density at radius 1 is 1.44 bits per heavy atom. The average molecular weight is 217 g/mol. The maximum atomic E-state index is 11.5. The molecule has 2 N–H and O–H groups in total. The molecule has 0 bridgehead atoms. The summed E-state index contributed by atoms with van der Waals surface area (Å²) in [6, 6.07) is 9.09. The summed E-state index contributed by atoms with van der Waals surface area (Å²) in [6.45, 7) is 5.23. The molecule has 0 fully saturated rings. The Balaban J connectivity index is 2.63. The Labute approximate surface area is 95.3 Å². The Hall–Kier alpha value is -2.02. The molecule has 2 amide bonds. The van der Waals surface area contributed by atoms with Crippen molar-refractivity contribution in [2.75, 3.05) is 5.32 Å². The maximum Gasteiger partial charge on any atom is 0.320 e. The van der Waals surface area contributed by atoms with Crippen LogP contribution in [0.5, 0.6) is 0 Å². The van der Waals surface area contributed by atoms with Crippen molar-refractivity contribution < 1.29 is 4.79 Å². The van der Waals surface area contributed by atoms with E-state index in [0.717, 1.165) is 5.56 Å². The quantitative estimate of drug-likeness (QED) is 0.799. The van der Waals surface area contributed by atoms with Crippen LogP contribution in [0.15, 0.2) is 24.3 Å². The summed E-state index contributed by atoms with van der Waals surface area (Å²) in [5.74, 6) is 0. The van der Waals surface area contributed by atoms with E-state index < -0.39 is 5.54 Å². The molecule has 0 radical (unpaired) electrons. The molecule has 84 valence electrons. The lowest BCUT2D eigenvalue weighted by Crippen LogP contribution is -2.44. The number of amides is 2. The fraction of sp³-hybridized carbons (Fsp3) is 0.333. The van der Waals surface area contributed by atoms with Crippen molar-refractivity contribution in [2.45, 2.75) is 26.3 Å². The Bertz CT molecular complexity index is 432. The molecule has 0 aromatic heterocycles. The monoisotopic (exact) mass is 217 g/mol. The average Bonchev–Trinajstić information content (AvgIpc) is 2.16. The van der Waals surface area contributed by atoms with Gasteiger partial charge in [-0.1, -0.05) is 12.1 Å². The van der Waals surface area contributed by atoms with Crippen molar-refractivity contribution in [3.8, 4) is 6.07 Å². The van der Waals surface area contributed by atoms with Crippen molar-refractivity contribution in [3.05, 3.63) is 29.8 Å². The largest absolute Gasteiger partial charge is 0.320 e. The summed E-state index contributed by atoms with van der Waals surface area (Å²) in [5, 5.41) is 14.0. The number of nitriles is 1. The van der Waals surface area contributed by atoms with Gasteiger partial charge >= 0.3 is 6.03 Å². The Kier molecular flexibility index (Phi) is 3.51. The zero-order valence-electron chi connectivity index (χ0n) is 9.66. The van der Waals surface area contributed by atoms with E-state index in [9.17, 15) is 4.79 Å². The lowest BCUT2D eigenvalue weighted by molar-refractivity contribution is 0.246. The van der Waals surface area contributed by atoms with E-state index >= 15 is 0 Å². The van der Waals surface area contributed by atoms with Gasteiger partial charge in [-0.15, -0.1) is 0 Å². The number of benzene rings is 1. The number of aryl methyl sites for hydroxylation is 1. The van der Waals surface area contributed by atoms with Crippen molar-refractivity contribution >= 4 is 11.7 Å². The second kappa shape index (κ2) is 4.67. The van der Waals surface area contributed by atoms with Crippen LogP contribution in [0.4, 0.5) is 10.5 Å². The van der Waals surface area contributed by atoms with Crippen molar-refractivity contribution in [2.24, 2.45) is 0 Å². The van der Waals surface area contributed by atoms with Gasteiger partial charge in [-0.2, -0.15) is 5.26 Å². The van der Waals surface area contributed by atoms with E-state index in [2.05, 4.69) is 10.6 Å². The van der Waals surface area contributed by atoms with E-state index in [0.29, 0.717) is 5.69 Å². The fourth-order valence-corrected chi connectivity index (χ4v) is 1.20. The molecule has 0 atom stereocenters. The number of anilines is 1. The van der Waals surface area contributed by atoms with E-state index in [1.165, 1.54) is 0 Å². The van der Waals surface area contributed by atoms with Gasteiger partial charge in [0.2, 0.25) is 0 Å². The second-order valence-corrected chi connectivity index (χ2v) is 4.19. The first kappa shape index (κ1) is 12.1. The van der Waals surface area contributed by atoms with Gasteiger partial charge in [0.25, 0.3) is 0 Å². The molecule has 1 rings (SSSR count). The molecule has 0 saturated carbocycles. The Morgan fingerprint density at radius 3 is 2.69 bits per heavy atom. The number of hydrogen-bond acceptors (Lipinski definition) is 2. The number of carbonyl (C=O) groups is 1. The van der Waals surface area contributed by atoms with Gasteiger partial charge in [0.1, 0.15) is 5.54 Å². The smallest absolute Gasteiger partial charge is 0.320 e. The Morgan fingerprint density at radius 2 is 2.12 bits per heavy atom. The van der Waals surface area contributed by atoms with Crippen LogP contribution in [0.3, 0.4) is 0 Å². The zero-order chi connectivity index (χ0) is 12.2. The number of hydrogen-bond donors (Lipinski definition) is 2. The predicted molar refractivity (Wildman–Crippen MR) is 63.0 cm³/mol. The number of carbonyl (C=O) groups excluding carboxylic acids is 1. The fourth-order valence-electron chi connectivity index (χ4n) is 1.20. The van der Waals surface area contributed by atoms with E-state index in [1.807, 2.05) is 31.2 Å². The van der Waals surface area contributed by atoms with Crippen LogP contribution >= 0.6 is 0 Å². The van der Waals surface area contributed by atoms with E-state index in [1.54, 1.807) is 19.9 Å². The van der Waals surface area contributed by atoms with Crippen LogP contribution in [0.25, 0.3) is 0 Å². The summed E-state index contributed by atoms with van der Waals surface area (Å²) in [6.07, 6.45) is 0. The maximum absolute atomic E-state index is 11.5. The van der Waals surface area contributed by atoms with Crippen LogP contribution in [0.2, 0.25) is 0 Å². The molecule has 0 heterocycles. The molecular formula is C12H15N3O. The van der Waals surface area contributed by atoms with Crippen molar-refractivity contribution in [3.63, 3.8) is 0 Å². The number of nitrogens with zero attached hydrogens (tertiary/aromatic N) is 1. The normalized spacial score (nSPS) is 10.4. The summed E-state index contributed by atoms with van der Waals surface area (Å²) in [7, 11) is 0.